The number of aryl methyl sites for hydroxylation is 1. The van der Waals surface area contributed by atoms with Gasteiger partial charge in [0.05, 0.1) is 16.8 Å². The van der Waals surface area contributed by atoms with E-state index >= 15 is 0 Å². The van der Waals surface area contributed by atoms with Gasteiger partial charge in [0.25, 0.3) is 0 Å². The van der Waals surface area contributed by atoms with Crippen molar-refractivity contribution in [2.75, 3.05) is 31.1 Å². The van der Waals surface area contributed by atoms with Crippen molar-refractivity contribution < 1.29 is 5.11 Å². The van der Waals surface area contributed by atoms with Gasteiger partial charge >= 0.3 is 0 Å². The van der Waals surface area contributed by atoms with Crippen LogP contribution in [0, 0.1) is 6.92 Å². The van der Waals surface area contributed by atoms with Crippen LogP contribution in [0.15, 0.2) is 66.9 Å². The molecule has 1 N–H and O–H groups in total. The molecule has 1 aliphatic rings. The zero-order chi connectivity index (χ0) is 21.2. The van der Waals surface area contributed by atoms with Crippen molar-refractivity contribution in [2.24, 2.45) is 0 Å². The van der Waals surface area contributed by atoms with Crippen molar-refractivity contribution in [2.45, 2.75) is 13.5 Å². The Labute approximate surface area is 181 Å². The molecule has 4 aromatic rings. The first kappa shape index (κ1) is 19.5. The summed E-state index contributed by atoms with van der Waals surface area (Å²) in [6.45, 7) is 6.58. The Morgan fingerprint density at radius 2 is 1.71 bits per heavy atom. The van der Waals surface area contributed by atoms with Crippen molar-refractivity contribution in [1.82, 2.24) is 19.9 Å². The second-order valence-corrected chi connectivity index (χ2v) is 7.99. The predicted molar refractivity (Wildman–Crippen MR) is 123 cm³/mol. The molecule has 1 saturated heterocycles. The lowest BCUT2D eigenvalue weighted by Crippen LogP contribution is -2.46. The maximum absolute atomic E-state index is 10.4. The van der Waals surface area contributed by atoms with Gasteiger partial charge in [0.1, 0.15) is 11.6 Å². The van der Waals surface area contributed by atoms with Crippen LogP contribution in [0.2, 0.25) is 0 Å². The predicted octanol–water partition coefficient (Wildman–Crippen LogP) is 4.03. The fourth-order valence-electron chi connectivity index (χ4n) is 4.09. The molecule has 0 aliphatic carbocycles. The van der Waals surface area contributed by atoms with Gasteiger partial charge in [-0.1, -0.05) is 24.3 Å². The summed E-state index contributed by atoms with van der Waals surface area (Å²) < 4.78 is 0. The van der Waals surface area contributed by atoms with Crippen LogP contribution in [0.4, 0.5) is 5.82 Å². The summed E-state index contributed by atoms with van der Waals surface area (Å²) in [6.07, 6.45) is 1.85. The quantitative estimate of drug-likeness (QED) is 0.547. The summed E-state index contributed by atoms with van der Waals surface area (Å²) in [7, 11) is 0. The zero-order valence-electron chi connectivity index (χ0n) is 17.6. The van der Waals surface area contributed by atoms with Gasteiger partial charge in [-0.2, -0.15) is 0 Å². The molecule has 1 aliphatic heterocycles. The first-order chi connectivity index (χ1) is 15.2. The number of anilines is 1. The lowest BCUT2D eigenvalue weighted by atomic mass is 10.1. The van der Waals surface area contributed by atoms with E-state index in [0.717, 1.165) is 60.7 Å². The average Bonchev–Trinajstić information content (AvgIpc) is 2.80. The molecular weight excluding hydrogens is 386 g/mol. The summed E-state index contributed by atoms with van der Waals surface area (Å²) in [6, 6.07) is 19.6. The summed E-state index contributed by atoms with van der Waals surface area (Å²) in [5.74, 6) is 1.68. The number of nitrogens with zero attached hydrogens (tertiary/aromatic N) is 5. The molecule has 2 aromatic heterocycles. The number of hydrogen-bond donors (Lipinski definition) is 1. The number of phenols is 1. The largest absolute Gasteiger partial charge is 0.507 e. The summed E-state index contributed by atoms with van der Waals surface area (Å²) >= 11 is 0. The Hall–Kier alpha value is -3.51. The van der Waals surface area contributed by atoms with Gasteiger partial charge < -0.3 is 10.0 Å². The van der Waals surface area contributed by atoms with Crippen LogP contribution in [0.25, 0.3) is 22.3 Å². The molecule has 3 heterocycles. The molecule has 0 bridgehead atoms. The van der Waals surface area contributed by atoms with Crippen LogP contribution in [0.5, 0.6) is 5.75 Å². The number of hydrogen-bond acceptors (Lipinski definition) is 6. The highest BCUT2D eigenvalue weighted by atomic mass is 16.3. The molecule has 2 aromatic carbocycles. The molecule has 6 heteroatoms. The van der Waals surface area contributed by atoms with E-state index in [1.165, 1.54) is 0 Å². The molecule has 5 rings (SSSR count). The number of phenolic OH excluding ortho intramolecular Hbond substituents is 1. The maximum Gasteiger partial charge on any atom is 0.165 e. The number of fused-ring (bicyclic) bond motifs is 1. The normalized spacial score (nSPS) is 14.8. The average molecular weight is 412 g/mol. The first-order valence-corrected chi connectivity index (χ1v) is 10.6. The Bertz CT molecular complexity index is 1200. The monoisotopic (exact) mass is 411 g/mol. The highest BCUT2D eigenvalue weighted by molar-refractivity contribution is 5.92. The van der Waals surface area contributed by atoms with Gasteiger partial charge in [-0.05, 0) is 48.9 Å². The third-order valence-corrected chi connectivity index (χ3v) is 5.76. The number of aromatic nitrogens is 3. The molecule has 0 spiro atoms. The Balaban J connectivity index is 1.46. The van der Waals surface area contributed by atoms with Crippen molar-refractivity contribution in [3.8, 4) is 17.1 Å². The van der Waals surface area contributed by atoms with E-state index in [2.05, 4.69) is 46.0 Å². The van der Waals surface area contributed by atoms with E-state index in [9.17, 15) is 5.11 Å². The Morgan fingerprint density at radius 1 is 0.903 bits per heavy atom. The zero-order valence-corrected chi connectivity index (χ0v) is 17.6. The van der Waals surface area contributed by atoms with E-state index in [4.69, 9.17) is 9.97 Å². The molecule has 31 heavy (non-hydrogen) atoms. The standard InChI is InChI=1S/C25H25N5O/c1-18-9-10-20-22(16-18)27-24(21-7-2-3-8-23(21)31)28-25(20)30-14-12-29(13-15-30)17-19-6-4-5-11-26-19/h2-11,16,31H,12-15,17H2,1H3. The highest BCUT2D eigenvalue weighted by Gasteiger charge is 2.22. The minimum atomic E-state index is 0.195. The molecule has 1 fully saturated rings. The lowest BCUT2D eigenvalue weighted by molar-refractivity contribution is 0.247. The minimum absolute atomic E-state index is 0.195. The van der Waals surface area contributed by atoms with E-state index < -0.39 is 0 Å². The molecule has 0 unspecified atom stereocenters. The molecular formula is C25H25N5O. The first-order valence-electron chi connectivity index (χ1n) is 10.6. The fourth-order valence-corrected chi connectivity index (χ4v) is 4.09. The molecule has 6 nitrogen and oxygen atoms in total. The fraction of sp³-hybridized carbons (Fsp3) is 0.240. The van der Waals surface area contributed by atoms with Crippen LogP contribution >= 0.6 is 0 Å². The number of para-hydroxylation sites is 1. The van der Waals surface area contributed by atoms with Crippen LogP contribution in [-0.4, -0.2) is 51.1 Å². The second-order valence-electron chi connectivity index (χ2n) is 7.99. The van der Waals surface area contributed by atoms with Crippen molar-refractivity contribution in [1.29, 1.82) is 0 Å². The third kappa shape index (κ3) is 4.07. The van der Waals surface area contributed by atoms with Crippen LogP contribution in [-0.2, 0) is 6.54 Å². The molecule has 0 radical (unpaired) electrons. The Morgan fingerprint density at radius 3 is 2.48 bits per heavy atom. The van der Waals surface area contributed by atoms with Gasteiger partial charge in [-0.15, -0.1) is 0 Å². The number of benzene rings is 2. The second kappa shape index (κ2) is 8.32. The van der Waals surface area contributed by atoms with E-state index in [1.807, 2.05) is 36.5 Å². The van der Waals surface area contributed by atoms with E-state index in [1.54, 1.807) is 6.07 Å². The maximum atomic E-state index is 10.4. The molecule has 0 amide bonds. The summed E-state index contributed by atoms with van der Waals surface area (Å²) in [5.41, 5.74) is 3.81. The van der Waals surface area contributed by atoms with Gasteiger partial charge in [-0.3, -0.25) is 9.88 Å². The van der Waals surface area contributed by atoms with E-state index in [-0.39, 0.29) is 5.75 Å². The minimum Gasteiger partial charge on any atom is -0.507 e. The number of rotatable bonds is 4. The SMILES string of the molecule is Cc1ccc2c(N3CCN(Cc4ccccn4)CC3)nc(-c3ccccc3O)nc2c1. The van der Waals surface area contributed by atoms with Gasteiger partial charge in [0.15, 0.2) is 5.82 Å². The number of piperazine rings is 1. The summed E-state index contributed by atoms with van der Waals surface area (Å²) in [4.78, 5) is 18.9. The molecule has 0 atom stereocenters. The van der Waals surface area contributed by atoms with E-state index in [0.29, 0.717) is 11.4 Å². The smallest absolute Gasteiger partial charge is 0.165 e. The number of pyridine rings is 1. The molecule has 156 valence electrons. The van der Waals surface area contributed by atoms with Crippen LogP contribution in [0.3, 0.4) is 0 Å². The Kier molecular flexibility index (Phi) is 5.22. The van der Waals surface area contributed by atoms with Crippen molar-refractivity contribution in [3.63, 3.8) is 0 Å². The van der Waals surface area contributed by atoms with Crippen LogP contribution in [0.1, 0.15) is 11.3 Å². The van der Waals surface area contributed by atoms with Crippen molar-refractivity contribution in [3.05, 3.63) is 78.1 Å². The highest BCUT2D eigenvalue weighted by Crippen LogP contribution is 2.32. The van der Waals surface area contributed by atoms with Crippen molar-refractivity contribution >= 4 is 16.7 Å². The van der Waals surface area contributed by atoms with Gasteiger partial charge in [0.2, 0.25) is 0 Å². The van der Waals surface area contributed by atoms with Gasteiger partial charge in [-0.25, -0.2) is 9.97 Å². The van der Waals surface area contributed by atoms with Gasteiger partial charge in [0, 0.05) is 44.3 Å². The molecule has 0 saturated carbocycles. The summed E-state index contributed by atoms with van der Waals surface area (Å²) in [5, 5.41) is 11.4. The third-order valence-electron chi connectivity index (χ3n) is 5.76. The number of aromatic hydroxyl groups is 1. The lowest BCUT2D eigenvalue weighted by Gasteiger charge is -2.35. The van der Waals surface area contributed by atoms with Crippen LogP contribution < -0.4 is 4.90 Å². The topological polar surface area (TPSA) is 65.4 Å².